The van der Waals surface area contributed by atoms with Crippen LogP contribution >= 0.6 is 0 Å². The fourth-order valence-corrected chi connectivity index (χ4v) is 1.62. The summed E-state index contributed by atoms with van der Waals surface area (Å²) >= 11 is 0. The maximum absolute atomic E-state index is 10.8. The van der Waals surface area contributed by atoms with Crippen molar-refractivity contribution < 1.29 is 19.4 Å². The fourth-order valence-electron chi connectivity index (χ4n) is 1.62. The molecule has 2 N–H and O–H groups in total. The zero-order valence-corrected chi connectivity index (χ0v) is 15.3. The molecule has 0 saturated heterocycles. The van der Waals surface area contributed by atoms with Crippen molar-refractivity contribution in [3.05, 3.63) is 66.8 Å². The Labute approximate surface area is 149 Å². The lowest BCUT2D eigenvalue weighted by Crippen LogP contribution is -2.35. The van der Waals surface area contributed by atoms with E-state index in [-0.39, 0.29) is 0 Å². The maximum Gasteiger partial charge on any atom is 0.408 e. The lowest BCUT2D eigenvalue weighted by molar-refractivity contribution is -0.136. The van der Waals surface area contributed by atoms with Crippen molar-refractivity contribution in [2.24, 2.45) is 0 Å². The number of alkyl carbamates (subject to hydrolysis) is 1. The number of hydrogen-bond acceptors (Lipinski definition) is 3. The molecule has 0 radical (unpaired) electrons. The van der Waals surface area contributed by atoms with E-state index in [1.807, 2.05) is 12.2 Å². The number of hydrogen-bond donors (Lipinski definition) is 2. The molecule has 0 aromatic heterocycles. The van der Waals surface area contributed by atoms with Crippen LogP contribution in [-0.4, -0.2) is 29.3 Å². The van der Waals surface area contributed by atoms with Crippen molar-refractivity contribution in [2.75, 3.05) is 6.54 Å². The van der Waals surface area contributed by atoms with Crippen molar-refractivity contribution in [3.63, 3.8) is 0 Å². The summed E-state index contributed by atoms with van der Waals surface area (Å²) in [5.74, 6) is -1.10. The molecule has 1 aromatic rings. The van der Waals surface area contributed by atoms with E-state index in [1.165, 1.54) is 11.1 Å². The zero-order valence-electron chi connectivity index (χ0n) is 15.3. The molecule has 0 atom stereocenters. The van der Waals surface area contributed by atoms with Crippen molar-refractivity contribution in [1.29, 1.82) is 0 Å². The summed E-state index contributed by atoms with van der Waals surface area (Å²) in [7, 11) is 0. The van der Waals surface area contributed by atoms with Gasteiger partial charge >= 0.3 is 12.1 Å². The SMILES string of the molecule is C=C/C=C(\C=C)c1ccc(C)cc1.CC(C)(C)OC(=O)NCC(=O)O. The molecular weight excluding hydrogens is 318 g/mol. The number of carboxylic acid groups (broad SMARTS) is 1. The Bertz CT molecular complexity index is 622. The molecule has 1 amide bonds. The minimum Gasteiger partial charge on any atom is -0.480 e. The van der Waals surface area contributed by atoms with Gasteiger partial charge in [0.25, 0.3) is 0 Å². The van der Waals surface area contributed by atoms with Gasteiger partial charge in [-0.25, -0.2) is 4.79 Å². The van der Waals surface area contributed by atoms with Gasteiger partial charge in [0, 0.05) is 0 Å². The van der Waals surface area contributed by atoms with Crippen LogP contribution in [0.15, 0.2) is 55.7 Å². The Kier molecular flexibility index (Phi) is 9.64. The van der Waals surface area contributed by atoms with Crippen LogP contribution < -0.4 is 5.32 Å². The number of carbonyl (C=O) groups is 2. The van der Waals surface area contributed by atoms with Gasteiger partial charge in [0.05, 0.1) is 0 Å². The number of aliphatic carboxylic acids is 1. The van der Waals surface area contributed by atoms with Gasteiger partial charge in [0.1, 0.15) is 12.1 Å². The first kappa shape index (κ1) is 22.2. The van der Waals surface area contributed by atoms with E-state index in [2.05, 4.69) is 49.7 Å². The Balaban J connectivity index is 0.000000463. The Morgan fingerprint density at radius 3 is 2.16 bits per heavy atom. The average Bonchev–Trinajstić information content (AvgIpc) is 2.51. The van der Waals surface area contributed by atoms with E-state index >= 15 is 0 Å². The van der Waals surface area contributed by atoms with Gasteiger partial charge in [0.15, 0.2) is 0 Å². The summed E-state index contributed by atoms with van der Waals surface area (Å²) in [6, 6.07) is 8.37. The van der Waals surface area contributed by atoms with Crippen LogP contribution in [0.3, 0.4) is 0 Å². The highest BCUT2D eigenvalue weighted by Gasteiger charge is 2.16. The average molecular weight is 345 g/mol. The van der Waals surface area contributed by atoms with E-state index in [0.717, 1.165) is 5.57 Å². The predicted octanol–water partition coefficient (Wildman–Crippen LogP) is 4.35. The molecule has 25 heavy (non-hydrogen) atoms. The smallest absolute Gasteiger partial charge is 0.408 e. The number of nitrogens with one attached hydrogen (secondary N) is 1. The Morgan fingerprint density at radius 2 is 1.76 bits per heavy atom. The molecule has 0 saturated carbocycles. The van der Waals surface area contributed by atoms with Crippen LogP contribution in [0.2, 0.25) is 0 Å². The van der Waals surface area contributed by atoms with Crippen LogP contribution in [0.1, 0.15) is 31.9 Å². The van der Waals surface area contributed by atoms with Gasteiger partial charge < -0.3 is 15.2 Å². The fraction of sp³-hybridized carbons (Fsp3) is 0.300. The third kappa shape index (κ3) is 11.4. The first-order valence-electron chi connectivity index (χ1n) is 7.80. The van der Waals surface area contributed by atoms with Crippen molar-refractivity contribution >= 4 is 17.6 Å². The minimum atomic E-state index is -1.10. The van der Waals surface area contributed by atoms with Gasteiger partial charge in [-0.1, -0.05) is 61.2 Å². The van der Waals surface area contributed by atoms with E-state index < -0.39 is 24.2 Å². The molecule has 0 heterocycles. The summed E-state index contributed by atoms with van der Waals surface area (Å²) in [6.45, 7) is 14.2. The lowest BCUT2D eigenvalue weighted by Gasteiger charge is -2.19. The second kappa shape index (κ2) is 10.9. The quantitative estimate of drug-likeness (QED) is 0.778. The summed E-state index contributed by atoms with van der Waals surface area (Å²) in [6.07, 6.45) is 4.85. The lowest BCUT2D eigenvalue weighted by atomic mass is 10.0. The first-order valence-corrected chi connectivity index (χ1v) is 7.80. The standard InChI is InChI=1S/C13H14.C7H13NO4/c1-4-6-12(5-2)13-9-7-11(3)8-10-13;1-7(2,3)12-6(11)8-4-5(9)10/h4-10H,1-2H2,3H3;4H2,1-3H3,(H,8,11)(H,9,10)/b12-6+;. The molecule has 5 nitrogen and oxygen atoms in total. The predicted molar refractivity (Wildman–Crippen MR) is 101 cm³/mol. The molecule has 0 aliphatic carbocycles. The maximum atomic E-state index is 10.8. The number of carboxylic acids is 1. The molecule has 1 aromatic carbocycles. The molecular formula is C20H27NO4. The van der Waals surface area contributed by atoms with Gasteiger partial charge in [0.2, 0.25) is 0 Å². The van der Waals surface area contributed by atoms with Gasteiger partial charge in [-0.2, -0.15) is 0 Å². The van der Waals surface area contributed by atoms with Crippen LogP contribution in [0.5, 0.6) is 0 Å². The van der Waals surface area contributed by atoms with Crippen LogP contribution in [0.25, 0.3) is 5.57 Å². The molecule has 0 aliphatic rings. The highest BCUT2D eigenvalue weighted by molar-refractivity contribution is 5.76. The summed E-state index contributed by atoms with van der Waals surface area (Å²) in [5.41, 5.74) is 2.96. The van der Waals surface area contributed by atoms with E-state index in [0.29, 0.717) is 0 Å². The summed E-state index contributed by atoms with van der Waals surface area (Å²) in [4.78, 5) is 20.8. The van der Waals surface area contributed by atoms with Crippen LogP contribution in [-0.2, 0) is 9.53 Å². The van der Waals surface area contributed by atoms with Crippen molar-refractivity contribution in [3.8, 4) is 0 Å². The third-order valence-electron chi connectivity index (χ3n) is 2.69. The summed E-state index contributed by atoms with van der Waals surface area (Å²) in [5, 5.41) is 10.3. The molecule has 0 spiro atoms. The number of allylic oxidation sites excluding steroid dienone is 4. The zero-order chi connectivity index (χ0) is 19.5. The van der Waals surface area contributed by atoms with E-state index in [1.54, 1.807) is 26.8 Å². The first-order chi connectivity index (χ1) is 11.6. The topological polar surface area (TPSA) is 75.6 Å². The normalized spacial score (nSPS) is 10.8. The number of ether oxygens (including phenoxy) is 1. The molecule has 5 heteroatoms. The third-order valence-corrected chi connectivity index (χ3v) is 2.69. The molecule has 0 fully saturated rings. The van der Waals surface area contributed by atoms with Gasteiger partial charge in [-0.15, -0.1) is 0 Å². The van der Waals surface area contributed by atoms with Crippen LogP contribution in [0, 0.1) is 6.92 Å². The molecule has 0 bridgehead atoms. The van der Waals surface area contributed by atoms with Crippen molar-refractivity contribution in [2.45, 2.75) is 33.3 Å². The number of benzene rings is 1. The Morgan fingerprint density at radius 1 is 1.20 bits per heavy atom. The molecule has 0 aliphatic heterocycles. The second-order valence-electron chi connectivity index (χ2n) is 6.18. The highest BCUT2D eigenvalue weighted by atomic mass is 16.6. The monoisotopic (exact) mass is 345 g/mol. The molecule has 136 valence electrons. The van der Waals surface area contributed by atoms with Gasteiger partial charge in [-0.05, 0) is 38.8 Å². The van der Waals surface area contributed by atoms with E-state index in [9.17, 15) is 9.59 Å². The molecule has 0 unspecified atom stereocenters. The van der Waals surface area contributed by atoms with Gasteiger partial charge in [-0.3, -0.25) is 4.79 Å². The summed E-state index contributed by atoms with van der Waals surface area (Å²) < 4.78 is 4.77. The molecule has 1 rings (SSSR count). The van der Waals surface area contributed by atoms with Crippen molar-refractivity contribution in [1.82, 2.24) is 5.32 Å². The number of rotatable bonds is 5. The Hall–Kier alpha value is -2.82. The number of amides is 1. The largest absolute Gasteiger partial charge is 0.480 e. The second-order valence-corrected chi connectivity index (χ2v) is 6.18. The minimum absolute atomic E-state index is 0.422. The highest BCUT2D eigenvalue weighted by Crippen LogP contribution is 2.15. The van der Waals surface area contributed by atoms with Crippen LogP contribution in [0.4, 0.5) is 4.79 Å². The number of carbonyl (C=O) groups excluding carboxylic acids is 1. The number of aryl methyl sites for hydroxylation is 1. The van der Waals surface area contributed by atoms with E-state index in [4.69, 9.17) is 9.84 Å².